The van der Waals surface area contributed by atoms with E-state index in [1.165, 1.54) is 12.1 Å². The molecule has 0 aromatic heterocycles. The summed E-state index contributed by atoms with van der Waals surface area (Å²) in [5.74, 6) is -0.250. The van der Waals surface area contributed by atoms with Crippen LogP contribution in [0, 0.1) is 12.7 Å². The fourth-order valence-corrected chi connectivity index (χ4v) is 2.21. The van der Waals surface area contributed by atoms with Gasteiger partial charge in [0.2, 0.25) is 0 Å². The van der Waals surface area contributed by atoms with E-state index in [0.29, 0.717) is 11.4 Å². The lowest BCUT2D eigenvalue weighted by Crippen LogP contribution is -2.14. The second-order valence-corrected chi connectivity index (χ2v) is 4.87. The smallest absolute Gasteiger partial charge is 0.123 e. The van der Waals surface area contributed by atoms with Gasteiger partial charge in [-0.1, -0.05) is 35.9 Å². The molecule has 0 spiro atoms. The van der Waals surface area contributed by atoms with Gasteiger partial charge >= 0.3 is 0 Å². The van der Waals surface area contributed by atoms with E-state index in [-0.39, 0.29) is 11.9 Å². The van der Waals surface area contributed by atoms with Gasteiger partial charge < -0.3 is 5.73 Å². The summed E-state index contributed by atoms with van der Waals surface area (Å²) in [5.41, 5.74) is 8.76. The van der Waals surface area contributed by atoms with Gasteiger partial charge in [-0.25, -0.2) is 4.39 Å². The summed E-state index contributed by atoms with van der Waals surface area (Å²) in [6.45, 7) is 1.86. The van der Waals surface area contributed by atoms with E-state index in [4.69, 9.17) is 17.3 Å². The number of hydrogen-bond donors (Lipinski definition) is 1. The standard InChI is InChI=1S/C15H15ClFN/c1-10-6-12(8-13(17)7-10)15(18)9-11-4-2-3-5-14(11)16/h2-8,15H,9,18H2,1H3. The van der Waals surface area contributed by atoms with Crippen molar-refractivity contribution >= 4 is 11.6 Å². The van der Waals surface area contributed by atoms with Gasteiger partial charge in [-0.15, -0.1) is 0 Å². The highest BCUT2D eigenvalue weighted by Gasteiger charge is 2.10. The molecule has 0 heterocycles. The van der Waals surface area contributed by atoms with Crippen molar-refractivity contribution in [1.82, 2.24) is 0 Å². The molecule has 1 unspecified atom stereocenters. The van der Waals surface area contributed by atoms with Crippen molar-refractivity contribution in [2.45, 2.75) is 19.4 Å². The molecule has 0 radical (unpaired) electrons. The molecule has 94 valence electrons. The van der Waals surface area contributed by atoms with Crippen LogP contribution in [-0.4, -0.2) is 0 Å². The quantitative estimate of drug-likeness (QED) is 0.889. The monoisotopic (exact) mass is 263 g/mol. The van der Waals surface area contributed by atoms with Crippen molar-refractivity contribution in [3.8, 4) is 0 Å². The van der Waals surface area contributed by atoms with Crippen LogP contribution in [0.3, 0.4) is 0 Å². The topological polar surface area (TPSA) is 26.0 Å². The summed E-state index contributed by atoms with van der Waals surface area (Å²) in [7, 11) is 0. The van der Waals surface area contributed by atoms with Crippen LogP contribution >= 0.6 is 11.6 Å². The molecule has 18 heavy (non-hydrogen) atoms. The van der Waals surface area contributed by atoms with E-state index in [1.54, 1.807) is 0 Å². The Balaban J connectivity index is 2.22. The molecule has 2 aromatic carbocycles. The highest BCUT2D eigenvalue weighted by Crippen LogP contribution is 2.23. The zero-order chi connectivity index (χ0) is 13.1. The van der Waals surface area contributed by atoms with Crippen LogP contribution in [0.5, 0.6) is 0 Å². The highest BCUT2D eigenvalue weighted by atomic mass is 35.5. The van der Waals surface area contributed by atoms with Crippen LogP contribution in [-0.2, 0) is 6.42 Å². The first-order valence-corrected chi connectivity index (χ1v) is 6.20. The summed E-state index contributed by atoms with van der Waals surface area (Å²) >= 11 is 6.09. The maximum Gasteiger partial charge on any atom is 0.123 e. The number of rotatable bonds is 3. The predicted octanol–water partition coefficient (Wildman–Crippen LogP) is 4.03. The first-order chi connectivity index (χ1) is 8.56. The molecular formula is C15H15ClFN. The Morgan fingerprint density at radius 2 is 1.94 bits per heavy atom. The Kier molecular flexibility index (Phi) is 4.00. The molecular weight excluding hydrogens is 249 g/mol. The fraction of sp³-hybridized carbons (Fsp3) is 0.200. The van der Waals surface area contributed by atoms with Gasteiger partial charge in [0.05, 0.1) is 0 Å². The first-order valence-electron chi connectivity index (χ1n) is 5.82. The number of hydrogen-bond acceptors (Lipinski definition) is 1. The van der Waals surface area contributed by atoms with Gasteiger partial charge in [-0.05, 0) is 48.2 Å². The fourth-order valence-electron chi connectivity index (χ4n) is 2.00. The summed E-state index contributed by atoms with van der Waals surface area (Å²) in [4.78, 5) is 0. The largest absolute Gasteiger partial charge is 0.324 e. The molecule has 1 nitrogen and oxygen atoms in total. The van der Waals surface area contributed by atoms with Crippen molar-refractivity contribution in [2.75, 3.05) is 0 Å². The molecule has 3 heteroatoms. The summed E-state index contributed by atoms with van der Waals surface area (Å²) < 4.78 is 13.3. The van der Waals surface area contributed by atoms with Gasteiger partial charge in [-0.2, -0.15) is 0 Å². The van der Waals surface area contributed by atoms with Crippen molar-refractivity contribution in [3.05, 3.63) is 70.0 Å². The van der Waals surface area contributed by atoms with E-state index in [1.807, 2.05) is 37.3 Å². The van der Waals surface area contributed by atoms with Crippen molar-refractivity contribution < 1.29 is 4.39 Å². The molecule has 0 fully saturated rings. The third kappa shape index (κ3) is 3.09. The zero-order valence-corrected chi connectivity index (χ0v) is 10.9. The van der Waals surface area contributed by atoms with Gasteiger partial charge in [-0.3, -0.25) is 0 Å². The lowest BCUT2D eigenvalue weighted by Gasteiger charge is -2.14. The molecule has 0 bridgehead atoms. The van der Waals surface area contributed by atoms with Gasteiger partial charge in [0, 0.05) is 11.1 Å². The molecule has 2 N–H and O–H groups in total. The summed E-state index contributed by atoms with van der Waals surface area (Å²) in [5, 5.41) is 0.695. The minimum absolute atomic E-state index is 0.250. The summed E-state index contributed by atoms with van der Waals surface area (Å²) in [6.07, 6.45) is 0.600. The number of aryl methyl sites for hydroxylation is 1. The Morgan fingerprint density at radius 1 is 1.22 bits per heavy atom. The maximum atomic E-state index is 13.3. The molecule has 0 saturated heterocycles. The minimum atomic E-state index is -0.251. The van der Waals surface area contributed by atoms with E-state index in [9.17, 15) is 4.39 Å². The van der Waals surface area contributed by atoms with Crippen LogP contribution in [0.4, 0.5) is 4.39 Å². The molecule has 0 aliphatic rings. The third-order valence-electron chi connectivity index (χ3n) is 2.89. The second kappa shape index (κ2) is 5.51. The van der Waals surface area contributed by atoms with Crippen LogP contribution in [0.2, 0.25) is 5.02 Å². The third-order valence-corrected chi connectivity index (χ3v) is 3.26. The van der Waals surface area contributed by atoms with Crippen molar-refractivity contribution in [2.24, 2.45) is 5.73 Å². The SMILES string of the molecule is Cc1cc(F)cc(C(N)Cc2ccccc2Cl)c1. The zero-order valence-electron chi connectivity index (χ0n) is 10.2. The van der Waals surface area contributed by atoms with Gasteiger partial charge in [0.1, 0.15) is 5.82 Å². The van der Waals surface area contributed by atoms with Gasteiger partial charge in [0.25, 0.3) is 0 Å². The van der Waals surface area contributed by atoms with Gasteiger partial charge in [0.15, 0.2) is 0 Å². The maximum absolute atomic E-state index is 13.3. The lowest BCUT2D eigenvalue weighted by atomic mass is 9.98. The molecule has 0 aliphatic heterocycles. The molecule has 2 rings (SSSR count). The number of nitrogens with two attached hydrogens (primary N) is 1. The summed E-state index contributed by atoms with van der Waals surface area (Å²) in [6, 6.07) is 12.2. The first kappa shape index (κ1) is 13.1. The number of halogens is 2. The van der Waals surface area contributed by atoms with Crippen LogP contribution < -0.4 is 5.73 Å². The molecule has 2 aromatic rings. The lowest BCUT2D eigenvalue weighted by molar-refractivity contribution is 0.617. The van der Waals surface area contributed by atoms with Crippen LogP contribution in [0.1, 0.15) is 22.7 Å². The molecule has 0 amide bonds. The molecule has 0 saturated carbocycles. The Labute approximate surface area is 111 Å². The Hall–Kier alpha value is -1.38. The second-order valence-electron chi connectivity index (χ2n) is 4.46. The van der Waals surface area contributed by atoms with Crippen molar-refractivity contribution in [3.63, 3.8) is 0 Å². The molecule has 1 atom stereocenters. The molecule has 0 aliphatic carbocycles. The highest BCUT2D eigenvalue weighted by molar-refractivity contribution is 6.31. The predicted molar refractivity (Wildman–Crippen MR) is 73.2 cm³/mol. The van der Waals surface area contributed by atoms with E-state index in [0.717, 1.165) is 16.7 Å². The Morgan fingerprint density at radius 3 is 2.61 bits per heavy atom. The minimum Gasteiger partial charge on any atom is -0.324 e. The van der Waals surface area contributed by atoms with Crippen LogP contribution in [0.25, 0.3) is 0 Å². The van der Waals surface area contributed by atoms with E-state index in [2.05, 4.69) is 0 Å². The van der Waals surface area contributed by atoms with E-state index < -0.39 is 0 Å². The number of benzene rings is 2. The van der Waals surface area contributed by atoms with Crippen LogP contribution in [0.15, 0.2) is 42.5 Å². The normalized spacial score (nSPS) is 12.4. The van der Waals surface area contributed by atoms with E-state index >= 15 is 0 Å². The Bertz CT molecular complexity index is 534. The van der Waals surface area contributed by atoms with Crippen molar-refractivity contribution in [1.29, 1.82) is 0 Å². The average Bonchev–Trinajstić information content (AvgIpc) is 2.31. The average molecular weight is 264 g/mol.